The van der Waals surface area contributed by atoms with Crippen molar-refractivity contribution >= 4 is 32.0 Å². The molecule has 0 aromatic heterocycles. The summed E-state index contributed by atoms with van der Waals surface area (Å²) < 4.78 is 28.6. The van der Waals surface area contributed by atoms with Crippen LogP contribution in [-0.2, 0) is 10.0 Å². The fourth-order valence-electron chi connectivity index (χ4n) is 2.04. The number of aryl methyl sites for hydroxylation is 1. The summed E-state index contributed by atoms with van der Waals surface area (Å²) in [5.74, 6) is 0. The summed E-state index contributed by atoms with van der Waals surface area (Å²) in [6.45, 7) is 3.88. The average molecular weight is 394 g/mol. The zero-order valence-corrected chi connectivity index (χ0v) is 15.6. The van der Waals surface area contributed by atoms with Crippen molar-refractivity contribution in [3.05, 3.63) is 70.2 Å². The minimum atomic E-state index is -3.51. The molecular weight excluding hydrogens is 374 g/mol. The second-order valence-corrected chi connectivity index (χ2v) is 7.99. The maximum absolute atomic E-state index is 12.4. The molecule has 0 heterocycles. The van der Waals surface area contributed by atoms with E-state index in [1.807, 2.05) is 50.3 Å². The number of hydrogen-bond donors (Lipinski definition) is 1. The zero-order valence-electron chi connectivity index (χ0n) is 13.2. The van der Waals surface area contributed by atoms with Gasteiger partial charge in [-0.15, -0.1) is 0 Å². The lowest BCUT2D eigenvalue weighted by Gasteiger charge is -2.13. The molecule has 1 N–H and O–H groups in total. The van der Waals surface area contributed by atoms with Crippen molar-refractivity contribution in [2.45, 2.75) is 31.2 Å². The summed E-state index contributed by atoms with van der Waals surface area (Å²) in [5.41, 5.74) is 2.06. The number of nitrogens with one attached hydrogen (secondary N) is 1. The standard InChI is InChI=1S/C18H20BrNO2S/c1-3-17(11-8-15-6-9-16(19)10-7-15)20-23(21,22)18-12-4-14(2)5-13-18/h4-13,17,20H,3H2,1-2H3/b11-8+/t17-/m1/s1. The van der Waals surface area contributed by atoms with Crippen molar-refractivity contribution in [1.29, 1.82) is 0 Å². The predicted octanol–water partition coefficient (Wildman–Crippen LogP) is 4.53. The Balaban J connectivity index is 2.12. The van der Waals surface area contributed by atoms with Crippen LogP contribution < -0.4 is 4.72 Å². The van der Waals surface area contributed by atoms with E-state index in [9.17, 15) is 8.42 Å². The van der Waals surface area contributed by atoms with Crippen LogP contribution in [-0.4, -0.2) is 14.5 Å². The van der Waals surface area contributed by atoms with E-state index in [1.54, 1.807) is 24.3 Å². The monoisotopic (exact) mass is 393 g/mol. The van der Waals surface area contributed by atoms with Crippen molar-refractivity contribution in [2.24, 2.45) is 0 Å². The minimum Gasteiger partial charge on any atom is -0.207 e. The van der Waals surface area contributed by atoms with Crippen LogP contribution in [0.3, 0.4) is 0 Å². The van der Waals surface area contributed by atoms with E-state index >= 15 is 0 Å². The molecule has 0 aliphatic rings. The Labute approximate surface area is 146 Å². The van der Waals surface area contributed by atoms with Crippen LogP contribution in [0.1, 0.15) is 24.5 Å². The van der Waals surface area contributed by atoms with Gasteiger partial charge in [0.05, 0.1) is 4.90 Å². The lowest BCUT2D eigenvalue weighted by Crippen LogP contribution is -2.32. The molecule has 2 aromatic carbocycles. The van der Waals surface area contributed by atoms with Gasteiger partial charge in [-0.25, -0.2) is 13.1 Å². The number of rotatable bonds is 6. The largest absolute Gasteiger partial charge is 0.241 e. The van der Waals surface area contributed by atoms with E-state index in [-0.39, 0.29) is 6.04 Å². The van der Waals surface area contributed by atoms with Crippen LogP contribution in [0.5, 0.6) is 0 Å². The van der Waals surface area contributed by atoms with Crippen LogP contribution in [0.15, 0.2) is 64.0 Å². The summed E-state index contributed by atoms with van der Waals surface area (Å²) in [6, 6.07) is 14.5. The van der Waals surface area contributed by atoms with Crippen LogP contribution >= 0.6 is 15.9 Å². The molecule has 0 fully saturated rings. The minimum absolute atomic E-state index is 0.245. The molecule has 122 valence electrons. The Hall–Kier alpha value is -1.43. The fourth-order valence-corrected chi connectivity index (χ4v) is 3.58. The molecule has 0 aliphatic carbocycles. The summed E-state index contributed by atoms with van der Waals surface area (Å²) in [5, 5.41) is 0. The van der Waals surface area contributed by atoms with Gasteiger partial charge in [0.1, 0.15) is 0 Å². The van der Waals surface area contributed by atoms with Crippen LogP contribution in [0.2, 0.25) is 0 Å². The smallest absolute Gasteiger partial charge is 0.207 e. The van der Waals surface area contributed by atoms with E-state index in [1.165, 1.54) is 0 Å². The van der Waals surface area contributed by atoms with E-state index in [0.29, 0.717) is 11.3 Å². The Morgan fingerprint density at radius 2 is 1.70 bits per heavy atom. The Kier molecular flexibility index (Phi) is 6.16. The molecule has 2 rings (SSSR count). The van der Waals surface area contributed by atoms with Crippen molar-refractivity contribution < 1.29 is 8.42 Å². The number of benzene rings is 2. The van der Waals surface area contributed by atoms with Crippen LogP contribution in [0.4, 0.5) is 0 Å². The number of hydrogen-bond acceptors (Lipinski definition) is 2. The molecule has 1 atom stereocenters. The van der Waals surface area contributed by atoms with Gasteiger partial charge in [-0.3, -0.25) is 0 Å². The molecule has 0 saturated carbocycles. The van der Waals surface area contributed by atoms with Crippen molar-refractivity contribution in [3.8, 4) is 0 Å². The van der Waals surface area contributed by atoms with E-state index in [2.05, 4.69) is 20.7 Å². The second kappa shape index (κ2) is 7.90. The first-order valence-electron chi connectivity index (χ1n) is 7.43. The number of sulfonamides is 1. The predicted molar refractivity (Wildman–Crippen MR) is 98.8 cm³/mol. The van der Waals surface area contributed by atoms with Crippen molar-refractivity contribution in [3.63, 3.8) is 0 Å². The lowest BCUT2D eigenvalue weighted by molar-refractivity contribution is 0.568. The van der Waals surface area contributed by atoms with Crippen LogP contribution in [0.25, 0.3) is 6.08 Å². The van der Waals surface area contributed by atoms with Gasteiger partial charge in [0.2, 0.25) is 10.0 Å². The second-order valence-electron chi connectivity index (χ2n) is 5.36. The molecule has 0 radical (unpaired) electrons. The summed E-state index contributed by atoms with van der Waals surface area (Å²) >= 11 is 3.39. The summed E-state index contributed by atoms with van der Waals surface area (Å²) in [6.07, 6.45) is 4.49. The van der Waals surface area contributed by atoms with Crippen LogP contribution in [0, 0.1) is 6.92 Å². The molecule has 5 heteroatoms. The van der Waals surface area contributed by atoms with Gasteiger partial charge in [-0.05, 0) is 43.2 Å². The highest BCUT2D eigenvalue weighted by atomic mass is 79.9. The molecule has 0 saturated heterocycles. The normalized spacial score (nSPS) is 13.3. The van der Waals surface area contributed by atoms with Gasteiger partial charge in [0, 0.05) is 10.5 Å². The highest BCUT2D eigenvalue weighted by molar-refractivity contribution is 9.10. The van der Waals surface area contributed by atoms with Gasteiger partial charge in [-0.2, -0.15) is 0 Å². The van der Waals surface area contributed by atoms with Gasteiger partial charge in [0.15, 0.2) is 0 Å². The highest BCUT2D eigenvalue weighted by Crippen LogP contribution is 2.14. The summed E-state index contributed by atoms with van der Waals surface area (Å²) in [4.78, 5) is 0.290. The lowest BCUT2D eigenvalue weighted by atomic mass is 10.1. The molecule has 0 bridgehead atoms. The highest BCUT2D eigenvalue weighted by Gasteiger charge is 2.17. The molecule has 3 nitrogen and oxygen atoms in total. The van der Waals surface area contributed by atoms with Gasteiger partial charge in [0.25, 0.3) is 0 Å². The van der Waals surface area contributed by atoms with E-state index in [0.717, 1.165) is 15.6 Å². The van der Waals surface area contributed by atoms with E-state index < -0.39 is 10.0 Å². The average Bonchev–Trinajstić information content (AvgIpc) is 2.53. The molecule has 23 heavy (non-hydrogen) atoms. The third kappa shape index (κ3) is 5.30. The first-order valence-corrected chi connectivity index (χ1v) is 9.71. The molecule has 0 aliphatic heterocycles. The number of halogens is 1. The topological polar surface area (TPSA) is 46.2 Å². The Morgan fingerprint density at radius 3 is 2.26 bits per heavy atom. The summed E-state index contributed by atoms with van der Waals surface area (Å²) in [7, 11) is -3.51. The Bertz CT molecular complexity index is 766. The first-order chi connectivity index (χ1) is 10.9. The fraction of sp³-hybridized carbons (Fsp3) is 0.222. The molecular formula is C18H20BrNO2S. The molecule has 0 amide bonds. The quantitative estimate of drug-likeness (QED) is 0.783. The van der Waals surface area contributed by atoms with E-state index in [4.69, 9.17) is 0 Å². The SMILES string of the molecule is CC[C@H](/C=C/c1ccc(Br)cc1)NS(=O)(=O)c1ccc(C)cc1. The van der Waals surface area contributed by atoms with Crippen molar-refractivity contribution in [2.75, 3.05) is 0 Å². The third-order valence-electron chi connectivity index (χ3n) is 3.47. The van der Waals surface area contributed by atoms with Gasteiger partial charge >= 0.3 is 0 Å². The first kappa shape index (κ1) is 17.9. The maximum Gasteiger partial charge on any atom is 0.241 e. The molecule has 2 aromatic rings. The molecule has 0 unspecified atom stereocenters. The molecule has 0 spiro atoms. The van der Waals surface area contributed by atoms with Gasteiger partial charge in [-0.1, -0.05) is 64.8 Å². The zero-order chi connectivity index (χ0) is 16.9. The van der Waals surface area contributed by atoms with Gasteiger partial charge < -0.3 is 0 Å². The maximum atomic E-state index is 12.4. The Morgan fingerprint density at radius 1 is 1.09 bits per heavy atom. The third-order valence-corrected chi connectivity index (χ3v) is 5.50. The van der Waals surface area contributed by atoms with Crippen molar-refractivity contribution in [1.82, 2.24) is 4.72 Å².